The van der Waals surface area contributed by atoms with Gasteiger partial charge in [0, 0.05) is 12.7 Å². The monoisotopic (exact) mass is 363 g/mol. The molecule has 0 aliphatic carbocycles. The Morgan fingerprint density at radius 3 is 2.59 bits per heavy atom. The van der Waals surface area contributed by atoms with Gasteiger partial charge in [0.25, 0.3) is 0 Å². The fraction of sp³-hybridized carbons (Fsp3) is 0.435. The number of aliphatic hydroxyl groups excluding tert-OH is 1. The van der Waals surface area contributed by atoms with Crippen LogP contribution in [0.5, 0.6) is 0 Å². The largest absolute Gasteiger partial charge is 0.393 e. The normalized spacial score (nSPS) is 17.4. The molecule has 1 aliphatic rings. The van der Waals surface area contributed by atoms with E-state index in [0.717, 1.165) is 56.8 Å². The molecule has 27 heavy (non-hydrogen) atoms. The molecule has 0 radical (unpaired) electrons. The van der Waals surface area contributed by atoms with E-state index in [1.807, 2.05) is 12.1 Å². The molecule has 3 heterocycles. The van der Waals surface area contributed by atoms with Crippen LogP contribution in [0.15, 0.2) is 54.7 Å². The minimum absolute atomic E-state index is 0.192. The van der Waals surface area contributed by atoms with E-state index in [9.17, 15) is 5.11 Å². The topological polar surface area (TPSA) is 40.8 Å². The third-order valence-electron chi connectivity index (χ3n) is 5.92. The molecule has 1 saturated heterocycles. The molecule has 1 N–H and O–H groups in total. The molecule has 1 atom stereocenters. The first-order valence-corrected chi connectivity index (χ1v) is 10.1. The number of likely N-dealkylation sites (tertiary alicyclic amines) is 1. The maximum absolute atomic E-state index is 10.6. The van der Waals surface area contributed by atoms with E-state index in [4.69, 9.17) is 4.98 Å². The minimum Gasteiger partial charge on any atom is -0.393 e. The van der Waals surface area contributed by atoms with Crippen LogP contribution < -0.4 is 0 Å². The molecule has 0 amide bonds. The molecule has 142 valence electrons. The van der Waals surface area contributed by atoms with Crippen LogP contribution in [-0.4, -0.2) is 38.6 Å². The van der Waals surface area contributed by atoms with Gasteiger partial charge in [-0.15, -0.1) is 0 Å². The molecule has 1 fully saturated rings. The molecule has 3 aromatic rings. The van der Waals surface area contributed by atoms with E-state index in [0.29, 0.717) is 5.92 Å². The molecule has 0 spiro atoms. The quantitative estimate of drug-likeness (QED) is 0.723. The molecule has 0 saturated carbocycles. The van der Waals surface area contributed by atoms with Crippen molar-refractivity contribution in [2.24, 2.45) is 5.92 Å². The summed E-state index contributed by atoms with van der Waals surface area (Å²) in [6, 6.07) is 16.8. The summed E-state index contributed by atoms with van der Waals surface area (Å²) < 4.78 is 2.16. The summed E-state index contributed by atoms with van der Waals surface area (Å²) in [6.07, 6.45) is 5.85. The van der Waals surface area contributed by atoms with Crippen LogP contribution in [0, 0.1) is 12.8 Å². The van der Waals surface area contributed by atoms with Gasteiger partial charge in [0.05, 0.1) is 17.3 Å². The van der Waals surface area contributed by atoms with Crippen molar-refractivity contribution in [1.82, 2.24) is 14.3 Å². The van der Waals surface area contributed by atoms with Crippen LogP contribution in [-0.2, 0) is 13.0 Å². The number of aryl methyl sites for hydroxylation is 2. The number of hydrogen-bond acceptors (Lipinski definition) is 3. The fourth-order valence-electron chi connectivity index (χ4n) is 4.29. The summed E-state index contributed by atoms with van der Waals surface area (Å²) in [7, 11) is 0. The highest BCUT2D eigenvalue weighted by molar-refractivity contribution is 5.53. The van der Waals surface area contributed by atoms with Crippen LogP contribution in [0.3, 0.4) is 0 Å². The number of hydrogen-bond donors (Lipinski definition) is 1. The van der Waals surface area contributed by atoms with Gasteiger partial charge >= 0.3 is 0 Å². The highest BCUT2D eigenvalue weighted by Gasteiger charge is 2.25. The second-order valence-corrected chi connectivity index (χ2v) is 7.77. The van der Waals surface area contributed by atoms with E-state index in [1.165, 1.54) is 11.1 Å². The van der Waals surface area contributed by atoms with Gasteiger partial charge in [0.1, 0.15) is 5.82 Å². The third-order valence-corrected chi connectivity index (χ3v) is 5.92. The Bertz CT molecular complexity index is 866. The van der Waals surface area contributed by atoms with Crippen LogP contribution in [0.4, 0.5) is 0 Å². The van der Waals surface area contributed by atoms with Crippen LogP contribution in [0.25, 0.3) is 5.52 Å². The molecule has 0 bridgehead atoms. The van der Waals surface area contributed by atoms with Crippen molar-refractivity contribution in [3.8, 4) is 0 Å². The van der Waals surface area contributed by atoms with Crippen molar-refractivity contribution in [1.29, 1.82) is 0 Å². The van der Waals surface area contributed by atoms with Crippen LogP contribution in [0.2, 0.25) is 0 Å². The van der Waals surface area contributed by atoms with E-state index in [-0.39, 0.29) is 6.10 Å². The first kappa shape index (κ1) is 18.2. The first-order chi connectivity index (χ1) is 13.2. The van der Waals surface area contributed by atoms with Crippen LogP contribution in [0.1, 0.15) is 36.3 Å². The van der Waals surface area contributed by atoms with Crippen molar-refractivity contribution < 1.29 is 5.11 Å². The Labute approximate surface area is 161 Å². The maximum Gasteiger partial charge on any atom is 0.110 e. The summed E-state index contributed by atoms with van der Waals surface area (Å²) in [6.45, 7) is 5.04. The Morgan fingerprint density at radius 1 is 1.07 bits per heavy atom. The van der Waals surface area contributed by atoms with Gasteiger partial charge in [-0.2, -0.15) is 0 Å². The second-order valence-electron chi connectivity index (χ2n) is 7.77. The number of aliphatic hydroxyl groups is 1. The number of rotatable bonds is 6. The number of fused-ring (bicyclic) bond motifs is 1. The number of nitrogens with zero attached hydrogens (tertiary/aromatic N) is 3. The van der Waals surface area contributed by atoms with Crippen molar-refractivity contribution in [2.75, 3.05) is 13.1 Å². The van der Waals surface area contributed by atoms with Gasteiger partial charge in [0.2, 0.25) is 0 Å². The molecule has 4 nitrogen and oxygen atoms in total. The zero-order valence-corrected chi connectivity index (χ0v) is 16.1. The SMILES string of the molecule is Cc1nc(CN2CCC([C@H](O)CCc3ccccc3)CC2)c2ccccn12. The Hall–Kier alpha value is -2.17. The smallest absolute Gasteiger partial charge is 0.110 e. The lowest BCUT2D eigenvalue weighted by molar-refractivity contribution is 0.0517. The summed E-state index contributed by atoms with van der Waals surface area (Å²) in [5, 5.41) is 10.6. The number of imidazole rings is 1. The van der Waals surface area contributed by atoms with Gasteiger partial charge < -0.3 is 9.51 Å². The first-order valence-electron chi connectivity index (χ1n) is 10.1. The van der Waals surface area contributed by atoms with Gasteiger partial charge in [-0.3, -0.25) is 4.90 Å². The van der Waals surface area contributed by atoms with E-state index >= 15 is 0 Å². The second kappa shape index (κ2) is 8.24. The lowest BCUT2D eigenvalue weighted by Crippen LogP contribution is -2.37. The van der Waals surface area contributed by atoms with E-state index < -0.39 is 0 Å². The number of aromatic nitrogens is 2. The average Bonchev–Trinajstić information content (AvgIpc) is 3.03. The van der Waals surface area contributed by atoms with Crippen molar-refractivity contribution in [3.05, 3.63) is 71.8 Å². The van der Waals surface area contributed by atoms with Crippen molar-refractivity contribution in [3.63, 3.8) is 0 Å². The van der Waals surface area contributed by atoms with Crippen molar-refractivity contribution in [2.45, 2.75) is 45.3 Å². The molecule has 4 heteroatoms. The van der Waals surface area contributed by atoms with Gasteiger partial charge in [-0.05, 0) is 69.3 Å². The maximum atomic E-state index is 10.6. The summed E-state index contributed by atoms with van der Waals surface area (Å²) in [5.74, 6) is 1.47. The van der Waals surface area contributed by atoms with Gasteiger partial charge in [-0.1, -0.05) is 36.4 Å². The summed E-state index contributed by atoms with van der Waals surface area (Å²) in [4.78, 5) is 7.25. The predicted molar refractivity (Wildman–Crippen MR) is 109 cm³/mol. The predicted octanol–water partition coefficient (Wildman–Crippen LogP) is 3.85. The molecular weight excluding hydrogens is 334 g/mol. The Kier molecular flexibility index (Phi) is 5.55. The molecule has 1 aromatic carbocycles. The lowest BCUT2D eigenvalue weighted by atomic mass is 9.88. The summed E-state index contributed by atoms with van der Waals surface area (Å²) >= 11 is 0. The van der Waals surface area contributed by atoms with Crippen molar-refractivity contribution >= 4 is 5.52 Å². The Balaban J connectivity index is 1.29. The molecule has 2 aromatic heterocycles. The number of piperidine rings is 1. The molecule has 4 rings (SSSR count). The Morgan fingerprint density at radius 2 is 1.81 bits per heavy atom. The zero-order chi connectivity index (χ0) is 18.6. The van der Waals surface area contributed by atoms with E-state index in [2.05, 4.69) is 58.8 Å². The molecular formula is C23H29N3O. The van der Waals surface area contributed by atoms with Crippen LogP contribution >= 0.6 is 0 Å². The standard InChI is InChI=1S/C23H29N3O/c1-18-24-21(22-9-5-6-14-26(18)22)17-25-15-12-20(13-16-25)23(27)11-10-19-7-3-2-4-8-19/h2-9,14,20,23,27H,10-13,15-17H2,1H3/t23-/m1/s1. The van der Waals surface area contributed by atoms with Gasteiger partial charge in [-0.25, -0.2) is 4.98 Å². The zero-order valence-electron chi connectivity index (χ0n) is 16.1. The minimum atomic E-state index is -0.192. The molecule has 0 unspecified atom stereocenters. The lowest BCUT2D eigenvalue weighted by Gasteiger charge is -2.34. The molecule has 1 aliphatic heterocycles. The average molecular weight is 364 g/mol. The van der Waals surface area contributed by atoms with E-state index in [1.54, 1.807) is 0 Å². The summed E-state index contributed by atoms with van der Waals surface area (Å²) in [5.41, 5.74) is 3.69. The highest BCUT2D eigenvalue weighted by atomic mass is 16.3. The fourth-order valence-corrected chi connectivity index (χ4v) is 4.29. The number of pyridine rings is 1. The van der Waals surface area contributed by atoms with Gasteiger partial charge in [0.15, 0.2) is 0 Å². The highest BCUT2D eigenvalue weighted by Crippen LogP contribution is 2.25. The third kappa shape index (κ3) is 4.23. The number of benzene rings is 1.